The van der Waals surface area contributed by atoms with Crippen molar-refractivity contribution in [2.75, 3.05) is 19.8 Å². The van der Waals surface area contributed by atoms with Crippen molar-refractivity contribution in [1.82, 2.24) is 10.6 Å². The van der Waals surface area contributed by atoms with E-state index in [9.17, 15) is 14.4 Å². The van der Waals surface area contributed by atoms with Crippen LogP contribution in [0.3, 0.4) is 0 Å². The number of alkyl carbamates (subject to hydrolysis) is 1. The highest BCUT2D eigenvalue weighted by Gasteiger charge is 2.45. The maximum absolute atomic E-state index is 12.8. The minimum atomic E-state index is -1.28. The van der Waals surface area contributed by atoms with Gasteiger partial charge in [0, 0.05) is 25.0 Å². The minimum absolute atomic E-state index is 0.00280. The zero-order chi connectivity index (χ0) is 22.7. The number of fused-ring (bicyclic) bond motifs is 3. The van der Waals surface area contributed by atoms with Gasteiger partial charge in [-0.1, -0.05) is 48.5 Å². The van der Waals surface area contributed by atoms with E-state index in [4.69, 9.17) is 14.6 Å². The van der Waals surface area contributed by atoms with E-state index in [0.29, 0.717) is 6.61 Å². The Kier molecular flexibility index (Phi) is 6.14. The third-order valence-corrected chi connectivity index (χ3v) is 6.00. The van der Waals surface area contributed by atoms with Gasteiger partial charge in [0.25, 0.3) is 0 Å². The number of carboxylic acids is 1. The Morgan fingerprint density at radius 2 is 1.75 bits per heavy atom. The number of carbonyl (C=O) groups is 3. The molecule has 3 N–H and O–H groups in total. The predicted molar refractivity (Wildman–Crippen MR) is 116 cm³/mol. The van der Waals surface area contributed by atoms with Crippen molar-refractivity contribution in [1.29, 1.82) is 0 Å². The van der Waals surface area contributed by atoms with E-state index in [0.717, 1.165) is 22.3 Å². The number of rotatable bonds is 7. The first kappa shape index (κ1) is 21.8. The van der Waals surface area contributed by atoms with Crippen LogP contribution < -0.4 is 10.6 Å². The molecule has 8 heteroatoms. The Labute approximate surface area is 185 Å². The van der Waals surface area contributed by atoms with Gasteiger partial charge in [-0.2, -0.15) is 0 Å². The van der Waals surface area contributed by atoms with Crippen LogP contribution in [0.1, 0.15) is 36.8 Å². The fourth-order valence-corrected chi connectivity index (χ4v) is 4.40. The molecule has 2 aromatic rings. The molecule has 0 radical (unpaired) electrons. The van der Waals surface area contributed by atoms with Crippen molar-refractivity contribution in [3.8, 4) is 11.1 Å². The number of ether oxygens (including phenoxy) is 2. The fraction of sp³-hybridized carbons (Fsp3) is 0.375. The fourth-order valence-electron chi connectivity index (χ4n) is 4.40. The summed E-state index contributed by atoms with van der Waals surface area (Å²) in [6.45, 7) is 2.05. The van der Waals surface area contributed by atoms with Gasteiger partial charge in [-0.3, -0.25) is 9.59 Å². The van der Waals surface area contributed by atoms with Gasteiger partial charge >= 0.3 is 12.1 Å². The van der Waals surface area contributed by atoms with Gasteiger partial charge in [0.1, 0.15) is 12.1 Å². The number of hydrogen-bond donors (Lipinski definition) is 3. The van der Waals surface area contributed by atoms with Crippen molar-refractivity contribution in [3.05, 3.63) is 59.7 Å². The van der Waals surface area contributed by atoms with Crippen LogP contribution in [-0.4, -0.2) is 54.5 Å². The molecule has 2 atom stereocenters. The number of aliphatic carboxylic acids is 1. The van der Waals surface area contributed by atoms with E-state index >= 15 is 0 Å². The van der Waals surface area contributed by atoms with Crippen LogP contribution in [0, 0.1) is 0 Å². The molecule has 0 saturated carbocycles. The molecular weight excluding hydrogens is 412 g/mol. The van der Waals surface area contributed by atoms with Crippen LogP contribution in [0.25, 0.3) is 11.1 Å². The summed E-state index contributed by atoms with van der Waals surface area (Å²) in [4.78, 5) is 36.4. The number of hydrogen-bond acceptors (Lipinski definition) is 5. The molecule has 1 aliphatic carbocycles. The van der Waals surface area contributed by atoms with Crippen molar-refractivity contribution in [2.45, 2.75) is 37.3 Å². The van der Waals surface area contributed by atoms with Gasteiger partial charge in [0.2, 0.25) is 5.91 Å². The summed E-state index contributed by atoms with van der Waals surface area (Å²) in [7, 11) is 0. The van der Waals surface area contributed by atoms with E-state index in [1.807, 2.05) is 36.4 Å². The highest BCUT2D eigenvalue weighted by molar-refractivity contribution is 5.91. The van der Waals surface area contributed by atoms with Gasteiger partial charge in [0.05, 0.1) is 13.0 Å². The van der Waals surface area contributed by atoms with Crippen LogP contribution >= 0.6 is 0 Å². The summed E-state index contributed by atoms with van der Waals surface area (Å²) in [5, 5.41) is 14.2. The number of benzene rings is 2. The van der Waals surface area contributed by atoms with Gasteiger partial charge < -0.3 is 25.2 Å². The third kappa shape index (κ3) is 4.31. The third-order valence-electron chi connectivity index (χ3n) is 6.00. The zero-order valence-electron chi connectivity index (χ0n) is 17.8. The van der Waals surface area contributed by atoms with E-state index in [-0.39, 0.29) is 32.0 Å². The van der Waals surface area contributed by atoms with Crippen LogP contribution in [0.4, 0.5) is 4.79 Å². The van der Waals surface area contributed by atoms with E-state index in [1.165, 1.54) is 0 Å². The lowest BCUT2D eigenvalue weighted by atomic mass is 9.97. The van der Waals surface area contributed by atoms with Crippen LogP contribution in [0.15, 0.2) is 48.5 Å². The average molecular weight is 438 g/mol. The molecule has 0 aromatic heterocycles. The van der Waals surface area contributed by atoms with Crippen LogP contribution in [-0.2, 0) is 19.1 Å². The van der Waals surface area contributed by atoms with Crippen molar-refractivity contribution >= 4 is 18.0 Å². The number of amides is 2. The molecule has 32 heavy (non-hydrogen) atoms. The van der Waals surface area contributed by atoms with Crippen molar-refractivity contribution < 1.29 is 29.0 Å². The van der Waals surface area contributed by atoms with E-state index < -0.39 is 29.6 Å². The Balaban J connectivity index is 1.43. The molecule has 2 unspecified atom stereocenters. The maximum Gasteiger partial charge on any atom is 0.408 e. The number of carboxylic acid groups (broad SMARTS) is 1. The summed E-state index contributed by atoms with van der Waals surface area (Å²) < 4.78 is 10.9. The lowest BCUT2D eigenvalue weighted by molar-refractivity contribution is -0.137. The Morgan fingerprint density at radius 3 is 2.31 bits per heavy atom. The van der Waals surface area contributed by atoms with Crippen LogP contribution in [0.5, 0.6) is 0 Å². The summed E-state index contributed by atoms with van der Waals surface area (Å²) in [6, 6.07) is 15.5. The summed E-state index contributed by atoms with van der Waals surface area (Å²) >= 11 is 0. The molecule has 168 valence electrons. The molecule has 1 heterocycles. The van der Waals surface area contributed by atoms with Gasteiger partial charge in [0.15, 0.2) is 0 Å². The van der Waals surface area contributed by atoms with Gasteiger partial charge in [-0.25, -0.2) is 4.79 Å². The Bertz CT molecular complexity index is 985. The number of carbonyl (C=O) groups excluding carboxylic acids is 2. The normalized spacial score (nSPS) is 20.2. The maximum atomic E-state index is 12.8. The Morgan fingerprint density at radius 1 is 1.12 bits per heavy atom. The minimum Gasteiger partial charge on any atom is -0.481 e. The molecule has 2 aromatic carbocycles. The summed E-state index contributed by atoms with van der Waals surface area (Å²) in [5.41, 5.74) is 3.17. The zero-order valence-corrected chi connectivity index (χ0v) is 17.8. The SMILES string of the molecule is CC(CC(=O)O)NC(=O)C1(NC(=O)OCC2c3ccccc3-c3ccccc32)CCOC1. The smallest absolute Gasteiger partial charge is 0.408 e. The van der Waals surface area contributed by atoms with Gasteiger partial charge in [-0.15, -0.1) is 0 Å². The monoisotopic (exact) mass is 438 g/mol. The Hall–Kier alpha value is -3.39. The standard InChI is InChI=1S/C24H26N2O6/c1-15(12-21(27)28)25-22(29)24(10-11-31-14-24)26-23(30)32-13-20-18-8-4-2-6-16(18)17-7-3-5-9-19(17)20/h2-9,15,20H,10-14H2,1H3,(H,25,29)(H,26,30)(H,27,28). The van der Waals surface area contributed by atoms with Crippen LogP contribution in [0.2, 0.25) is 0 Å². The second-order valence-corrected chi connectivity index (χ2v) is 8.31. The highest BCUT2D eigenvalue weighted by Crippen LogP contribution is 2.44. The molecule has 2 aliphatic rings. The lowest BCUT2D eigenvalue weighted by Gasteiger charge is -2.28. The van der Waals surface area contributed by atoms with Crippen molar-refractivity contribution in [2.24, 2.45) is 0 Å². The quantitative estimate of drug-likeness (QED) is 0.612. The largest absolute Gasteiger partial charge is 0.481 e. The highest BCUT2D eigenvalue weighted by atomic mass is 16.6. The molecule has 2 amide bonds. The summed E-state index contributed by atoms with van der Waals surface area (Å²) in [6.07, 6.45) is -0.644. The molecule has 1 fully saturated rings. The lowest BCUT2D eigenvalue weighted by Crippen LogP contribution is -2.61. The average Bonchev–Trinajstić information content (AvgIpc) is 3.35. The molecular formula is C24H26N2O6. The summed E-state index contributed by atoms with van der Waals surface area (Å²) in [5.74, 6) is -1.58. The first-order chi connectivity index (χ1) is 15.4. The first-order valence-corrected chi connectivity index (χ1v) is 10.6. The molecule has 4 rings (SSSR count). The number of nitrogens with one attached hydrogen (secondary N) is 2. The van der Waals surface area contributed by atoms with E-state index in [1.54, 1.807) is 6.92 Å². The van der Waals surface area contributed by atoms with E-state index in [2.05, 4.69) is 22.8 Å². The topological polar surface area (TPSA) is 114 Å². The van der Waals surface area contributed by atoms with Gasteiger partial charge in [-0.05, 0) is 29.2 Å². The second kappa shape index (κ2) is 9.00. The first-order valence-electron chi connectivity index (χ1n) is 10.6. The van der Waals surface area contributed by atoms with Crippen molar-refractivity contribution in [3.63, 3.8) is 0 Å². The molecule has 0 spiro atoms. The molecule has 0 bridgehead atoms. The second-order valence-electron chi connectivity index (χ2n) is 8.31. The molecule has 1 saturated heterocycles. The molecule has 1 aliphatic heterocycles. The predicted octanol–water partition coefficient (Wildman–Crippen LogP) is 2.66. The molecule has 8 nitrogen and oxygen atoms in total.